The minimum atomic E-state index is -4.06. The van der Waals surface area contributed by atoms with E-state index < -0.39 is 15.9 Å². The van der Waals surface area contributed by atoms with Crippen LogP contribution in [0.25, 0.3) is 10.9 Å². The Hall–Kier alpha value is -3.62. The molecule has 0 saturated carbocycles. The highest BCUT2D eigenvalue weighted by Crippen LogP contribution is 2.30. The Labute approximate surface area is 190 Å². The Kier molecular flexibility index (Phi) is 5.98. The number of aromatic nitrogens is 1. The number of halogens is 1. The van der Waals surface area contributed by atoms with E-state index in [-0.39, 0.29) is 27.0 Å². The van der Waals surface area contributed by atoms with Crippen LogP contribution in [-0.2, 0) is 10.0 Å². The van der Waals surface area contributed by atoms with E-state index in [4.69, 9.17) is 16.3 Å². The van der Waals surface area contributed by atoms with Crippen molar-refractivity contribution in [3.05, 3.63) is 89.6 Å². The van der Waals surface area contributed by atoms with Gasteiger partial charge < -0.3 is 10.1 Å². The van der Waals surface area contributed by atoms with Gasteiger partial charge in [-0.3, -0.25) is 9.52 Å². The smallest absolute Gasteiger partial charge is 0.274 e. The lowest BCUT2D eigenvalue weighted by atomic mass is 10.2. The number of hydrogen-bond donors (Lipinski definition) is 2. The molecule has 3 aromatic carbocycles. The highest BCUT2D eigenvalue weighted by atomic mass is 35.5. The molecule has 0 aliphatic heterocycles. The number of methoxy groups -OCH3 is 1. The molecule has 32 heavy (non-hydrogen) atoms. The molecule has 0 unspecified atom stereocenters. The molecule has 0 radical (unpaired) electrons. The molecule has 2 N–H and O–H groups in total. The number of para-hydroxylation sites is 3. The molecular formula is C23H18ClN3O4S. The summed E-state index contributed by atoms with van der Waals surface area (Å²) >= 11 is 6.16. The van der Waals surface area contributed by atoms with E-state index in [1.807, 2.05) is 24.3 Å². The van der Waals surface area contributed by atoms with Crippen molar-refractivity contribution in [3.63, 3.8) is 0 Å². The van der Waals surface area contributed by atoms with Gasteiger partial charge in [-0.2, -0.15) is 0 Å². The van der Waals surface area contributed by atoms with Crippen LogP contribution in [0.4, 0.5) is 11.4 Å². The largest absolute Gasteiger partial charge is 0.495 e. The first-order valence-corrected chi connectivity index (χ1v) is 11.4. The molecule has 0 fully saturated rings. The Morgan fingerprint density at radius 1 is 0.969 bits per heavy atom. The number of benzene rings is 3. The molecule has 0 atom stereocenters. The number of nitrogens with one attached hydrogen (secondary N) is 2. The van der Waals surface area contributed by atoms with Gasteiger partial charge in [-0.05, 0) is 42.5 Å². The first-order valence-electron chi connectivity index (χ1n) is 9.50. The highest BCUT2D eigenvalue weighted by Gasteiger charge is 2.21. The summed E-state index contributed by atoms with van der Waals surface area (Å²) in [5.41, 5.74) is 1.41. The van der Waals surface area contributed by atoms with E-state index in [2.05, 4.69) is 15.0 Å². The lowest BCUT2D eigenvalue weighted by Crippen LogP contribution is -2.16. The van der Waals surface area contributed by atoms with Crippen LogP contribution in [0.5, 0.6) is 5.75 Å². The number of sulfonamides is 1. The van der Waals surface area contributed by atoms with E-state index in [9.17, 15) is 13.2 Å². The summed E-state index contributed by atoms with van der Waals surface area (Å²) in [6.07, 6.45) is 0. The van der Waals surface area contributed by atoms with Crippen LogP contribution < -0.4 is 14.8 Å². The molecule has 4 aromatic rings. The molecule has 9 heteroatoms. The van der Waals surface area contributed by atoms with Crippen LogP contribution in [0.15, 0.2) is 83.8 Å². The first kappa shape index (κ1) is 21.6. The Balaban J connectivity index is 1.61. The minimum absolute atomic E-state index is 0.00854. The molecule has 0 bridgehead atoms. The van der Waals surface area contributed by atoms with Crippen LogP contribution in [0.1, 0.15) is 10.5 Å². The third kappa shape index (κ3) is 4.51. The van der Waals surface area contributed by atoms with E-state index >= 15 is 0 Å². The molecule has 7 nitrogen and oxygen atoms in total. The topological polar surface area (TPSA) is 97.4 Å². The number of fused-ring (bicyclic) bond motifs is 1. The van der Waals surface area contributed by atoms with E-state index in [0.717, 1.165) is 5.39 Å². The highest BCUT2D eigenvalue weighted by molar-refractivity contribution is 7.92. The van der Waals surface area contributed by atoms with Crippen LogP contribution in [0, 0.1) is 0 Å². The van der Waals surface area contributed by atoms with Crippen molar-refractivity contribution in [1.82, 2.24) is 4.98 Å². The predicted octanol–water partition coefficient (Wildman–Crippen LogP) is 4.95. The normalized spacial score (nSPS) is 11.2. The molecule has 162 valence electrons. The first-order chi connectivity index (χ1) is 15.4. The number of hydrogen-bond acceptors (Lipinski definition) is 5. The zero-order chi connectivity index (χ0) is 22.7. The van der Waals surface area contributed by atoms with Gasteiger partial charge in [-0.25, -0.2) is 13.4 Å². The minimum Gasteiger partial charge on any atom is -0.495 e. The Morgan fingerprint density at radius 2 is 1.72 bits per heavy atom. The zero-order valence-corrected chi connectivity index (χ0v) is 18.4. The number of anilines is 2. The molecule has 1 aromatic heterocycles. The van der Waals surface area contributed by atoms with Crippen molar-refractivity contribution in [1.29, 1.82) is 0 Å². The van der Waals surface area contributed by atoms with Gasteiger partial charge in [0.1, 0.15) is 16.3 Å². The number of ether oxygens (including phenoxy) is 1. The number of rotatable bonds is 6. The summed E-state index contributed by atoms with van der Waals surface area (Å²) < 4.78 is 33.6. The fraction of sp³-hybridized carbons (Fsp3) is 0.0435. The van der Waals surface area contributed by atoms with Crippen LogP contribution in [0.3, 0.4) is 0 Å². The third-order valence-corrected chi connectivity index (χ3v) is 6.51. The van der Waals surface area contributed by atoms with Crippen LogP contribution >= 0.6 is 11.6 Å². The molecule has 0 saturated heterocycles. The fourth-order valence-electron chi connectivity index (χ4n) is 3.10. The quantitative estimate of drug-likeness (QED) is 0.418. The second-order valence-electron chi connectivity index (χ2n) is 6.79. The van der Waals surface area contributed by atoms with Crippen molar-refractivity contribution in [2.45, 2.75) is 4.90 Å². The number of nitrogens with zero attached hydrogens (tertiary/aromatic N) is 1. The second-order valence-corrected chi connectivity index (χ2v) is 8.85. The maximum atomic E-state index is 13.0. The molecule has 0 spiro atoms. The molecule has 0 aliphatic rings. The monoisotopic (exact) mass is 467 g/mol. The van der Waals surface area contributed by atoms with Gasteiger partial charge in [0, 0.05) is 11.1 Å². The third-order valence-electron chi connectivity index (χ3n) is 4.66. The zero-order valence-electron chi connectivity index (χ0n) is 16.9. The predicted molar refractivity (Wildman–Crippen MR) is 125 cm³/mol. The van der Waals surface area contributed by atoms with Gasteiger partial charge in [0.2, 0.25) is 0 Å². The molecule has 0 aliphatic carbocycles. The summed E-state index contributed by atoms with van der Waals surface area (Å²) in [5.74, 6) is -0.113. The molecule has 4 rings (SSSR count). The number of amides is 1. The van der Waals surface area contributed by atoms with E-state index in [1.165, 1.54) is 25.3 Å². The second kappa shape index (κ2) is 8.86. The summed E-state index contributed by atoms with van der Waals surface area (Å²) in [5, 5.41) is 3.59. The van der Waals surface area contributed by atoms with Gasteiger partial charge in [0.15, 0.2) is 0 Å². The average Bonchev–Trinajstić information content (AvgIpc) is 2.80. The van der Waals surface area contributed by atoms with E-state index in [0.29, 0.717) is 11.3 Å². The van der Waals surface area contributed by atoms with Crippen LogP contribution in [0.2, 0.25) is 5.02 Å². The summed E-state index contributed by atoms with van der Waals surface area (Å²) in [4.78, 5) is 16.9. The summed E-state index contributed by atoms with van der Waals surface area (Å²) in [7, 11) is -2.62. The lowest BCUT2D eigenvalue weighted by molar-refractivity contribution is 0.102. The summed E-state index contributed by atoms with van der Waals surface area (Å²) in [6, 6.07) is 21.6. The summed E-state index contributed by atoms with van der Waals surface area (Å²) in [6.45, 7) is 0. The van der Waals surface area contributed by atoms with Gasteiger partial charge in [0.25, 0.3) is 15.9 Å². The van der Waals surface area contributed by atoms with Crippen molar-refractivity contribution >= 4 is 49.8 Å². The van der Waals surface area contributed by atoms with Crippen molar-refractivity contribution in [3.8, 4) is 5.75 Å². The number of carbonyl (C=O) groups is 1. The van der Waals surface area contributed by atoms with Gasteiger partial charge in [-0.15, -0.1) is 0 Å². The fourth-order valence-corrected chi connectivity index (χ4v) is 4.70. The van der Waals surface area contributed by atoms with E-state index in [1.54, 1.807) is 36.4 Å². The maximum absolute atomic E-state index is 13.0. The SMILES string of the molecule is COc1ccccc1NS(=O)(=O)c1cc(NC(=O)c2ccc3ccccc3n2)ccc1Cl. The number of carbonyl (C=O) groups excluding carboxylic acids is 1. The molecular weight excluding hydrogens is 450 g/mol. The molecule has 1 amide bonds. The Morgan fingerprint density at radius 3 is 2.53 bits per heavy atom. The van der Waals surface area contributed by atoms with Gasteiger partial charge in [-0.1, -0.05) is 48.0 Å². The van der Waals surface area contributed by atoms with Crippen LogP contribution in [-0.4, -0.2) is 26.4 Å². The van der Waals surface area contributed by atoms with Crippen molar-refractivity contribution in [2.24, 2.45) is 0 Å². The maximum Gasteiger partial charge on any atom is 0.274 e. The van der Waals surface area contributed by atoms with Crippen molar-refractivity contribution < 1.29 is 17.9 Å². The average molecular weight is 468 g/mol. The molecule has 1 heterocycles. The van der Waals surface area contributed by atoms with Gasteiger partial charge >= 0.3 is 0 Å². The number of pyridine rings is 1. The van der Waals surface area contributed by atoms with Crippen molar-refractivity contribution in [2.75, 3.05) is 17.1 Å². The standard InChI is InChI=1S/C23H18ClN3O4S/c1-31-21-9-5-4-8-19(21)27-32(29,30)22-14-16(11-12-17(22)24)25-23(28)20-13-10-15-6-2-3-7-18(15)26-20/h2-14,27H,1H3,(H,25,28). The Bertz CT molecular complexity index is 1420. The van der Waals surface area contributed by atoms with Gasteiger partial charge in [0.05, 0.1) is 23.3 Å². The lowest BCUT2D eigenvalue weighted by Gasteiger charge is -2.14.